The molecule has 0 saturated carbocycles. The monoisotopic (exact) mass is 160 g/mol. The molecule has 0 fully saturated rings. The second-order valence-electron chi connectivity index (χ2n) is 3.21. The third-order valence-corrected chi connectivity index (χ3v) is 1.64. The van der Waals surface area contributed by atoms with Gasteiger partial charge in [-0.25, -0.2) is 9.86 Å². The molecule has 0 aliphatic carbocycles. The van der Waals surface area contributed by atoms with Crippen molar-refractivity contribution in [1.29, 1.82) is 0 Å². The number of nitrogens with zero attached hydrogens (tertiary/aromatic N) is 1. The Hall–Kier alpha value is -0.770. The molecule has 0 bridgehead atoms. The van der Waals surface area contributed by atoms with Crippen molar-refractivity contribution >= 4 is 6.03 Å². The van der Waals surface area contributed by atoms with Crippen LogP contribution >= 0.6 is 0 Å². The van der Waals surface area contributed by atoms with Gasteiger partial charge in [0, 0.05) is 0 Å². The molecule has 0 unspecified atom stereocenters. The maximum atomic E-state index is 10.5. The van der Waals surface area contributed by atoms with E-state index in [2.05, 4.69) is 0 Å². The molecule has 0 aromatic rings. The number of primary amides is 1. The van der Waals surface area contributed by atoms with Crippen molar-refractivity contribution in [2.75, 3.05) is 0 Å². The summed E-state index contributed by atoms with van der Waals surface area (Å²) in [5.41, 5.74) is 4.33. The zero-order valence-corrected chi connectivity index (χ0v) is 7.29. The third kappa shape index (κ3) is 2.76. The van der Waals surface area contributed by atoms with Gasteiger partial charge in [-0.2, -0.15) is 0 Å². The first-order valence-electron chi connectivity index (χ1n) is 3.70. The zero-order chi connectivity index (χ0) is 9.07. The molecule has 0 aliphatic rings. The van der Waals surface area contributed by atoms with Gasteiger partial charge >= 0.3 is 6.03 Å². The summed E-state index contributed by atoms with van der Waals surface area (Å²) in [6.45, 7) is 5.51. The van der Waals surface area contributed by atoms with E-state index in [0.717, 1.165) is 12.8 Å². The fraction of sp³-hybridized carbons (Fsp3) is 0.857. The summed E-state index contributed by atoms with van der Waals surface area (Å²) < 4.78 is 0. The lowest BCUT2D eigenvalue weighted by Crippen LogP contribution is -2.47. The average Bonchev–Trinajstić information content (AvgIpc) is 1.86. The van der Waals surface area contributed by atoms with Crippen LogP contribution in [0.1, 0.15) is 33.6 Å². The molecule has 0 atom stereocenters. The van der Waals surface area contributed by atoms with Crippen LogP contribution in [0.25, 0.3) is 0 Å². The summed E-state index contributed by atoms with van der Waals surface area (Å²) in [5, 5.41) is 9.72. The molecule has 66 valence electrons. The van der Waals surface area contributed by atoms with Crippen LogP contribution in [0.4, 0.5) is 4.79 Å². The van der Waals surface area contributed by atoms with E-state index in [4.69, 9.17) is 10.9 Å². The molecule has 0 spiro atoms. The lowest BCUT2D eigenvalue weighted by Gasteiger charge is -2.31. The lowest BCUT2D eigenvalue weighted by molar-refractivity contribution is -0.113. The van der Waals surface area contributed by atoms with E-state index in [-0.39, 0.29) is 0 Å². The highest BCUT2D eigenvalue weighted by atomic mass is 16.5. The average molecular weight is 160 g/mol. The fourth-order valence-electron chi connectivity index (χ4n) is 1.02. The Morgan fingerprint density at radius 3 is 2.36 bits per heavy atom. The van der Waals surface area contributed by atoms with Crippen LogP contribution in [0, 0.1) is 0 Å². The quantitative estimate of drug-likeness (QED) is 0.483. The standard InChI is InChI=1S/C7H16N2O2/c1-4-5-7(2,3)9(11)6(8)10/h11H,4-5H2,1-3H3,(H2,8,10). The number of urea groups is 1. The van der Waals surface area contributed by atoms with E-state index in [1.165, 1.54) is 0 Å². The molecule has 2 amide bonds. The Labute approximate surface area is 66.9 Å². The van der Waals surface area contributed by atoms with E-state index >= 15 is 0 Å². The van der Waals surface area contributed by atoms with Crippen molar-refractivity contribution in [3.63, 3.8) is 0 Å². The van der Waals surface area contributed by atoms with Crippen molar-refractivity contribution in [3.8, 4) is 0 Å². The van der Waals surface area contributed by atoms with E-state index in [0.29, 0.717) is 5.06 Å². The molecule has 0 aliphatic heterocycles. The van der Waals surface area contributed by atoms with Crippen LogP contribution in [-0.2, 0) is 0 Å². The highest BCUT2D eigenvalue weighted by molar-refractivity contribution is 5.71. The topological polar surface area (TPSA) is 66.6 Å². The second kappa shape index (κ2) is 3.57. The number of hydrogen-bond acceptors (Lipinski definition) is 2. The van der Waals surface area contributed by atoms with Crippen LogP contribution in [0.2, 0.25) is 0 Å². The lowest BCUT2D eigenvalue weighted by atomic mass is 9.99. The number of hydroxylamine groups is 2. The summed E-state index contributed by atoms with van der Waals surface area (Å²) in [6.07, 6.45) is 1.63. The van der Waals surface area contributed by atoms with Gasteiger partial charge in [0.2, 0.25) is 0 Å². The number of nitrogens with two attached hydrogens (primary N) is 1. The minimum Gasteiger partial charge on any atom is -0.350 e. The van der Waals surface area contributed by atoms with Crippen molar-refractivity contribution < 1.29 is 10.0 Å². The molecule has 0 aromatic carbocycles. The Balaban J connectivity index is 4.16. The summed E-state index contributed by atoms with van der Waals surface area (Å²) in [6, 6.07) is -0.802. The molecular weight excluding hydrogens is 144 g/mol. The molecule has 0 radical (unpaired) electrons. The van der Waals surface area contributed by atoms with E-state index < -0.39 is 11.6 Å². The molecule has 4 heteroatoms. The normalized spacial score (nSPS) is 11.3. The van der Waals surface area contributed by atoms with Gasteiger partial charge in [-0.05, 0) is 20.3 Å². The molecule has 11 heavy (non-hydrogen) atoms. The van der Waals surface area contributed by atoms with Gasteiger partial charge in [0.05, 0.1) is 5.54 Å². The number of hydrogen-bond donors (Lipinski definition) is 2. The van der Waals surface area contributed by atoms with Gasteiger partial charge in [0.15, 0.2) is 0 Å². The zero-order valence-electron chi connectivity index (χ0n) is 7.29. The minimum atomic E-state index is -0.802. The molecule has 0 heterocycles. The van der Waals surface area contributed by atoms with E-state index in [9.17, 15) is 4.79 Å². The van der Waals surface area contributed by atoms with Gasteiger partial charge in [0.25, 0.3) is 0 Å². The Morgan fingerprint density at radius 1 is 1.64 bits per heavy atom. The van der Waals surface area contributed by atoms with E-state index in [1.54, 1.807) is 13.8 Å². The number of carbonyl (C=O) groups excluding carboxylic acids is 1. The highest BCUT2D eigenvalue weighted by Gasteiger charge is 2.27. The van der Waals surface area contributed by atoms with Gasteiger partial charge in [0.1, 0.15) is 0 Å². The second-order valence-corrected chi connectivity index (χ2v) is 3.21. The van der Waals surface area contributed by atoms with Crippen LogP contribution < -0.4 is 5.73 Å². The summed E-state index contributed by atoms with van der Waals surface area (Å²) in [4.78, 5) is 10.5. The van der Waals surface area contributed by atoms with Gasteiger partial charge in [-0.1, -0.05) is 13.3 Å². The highest BCUT2D eigenvalue weighted by Crippen LogP contribution is 2.17. The molecular formula is C7H16N2O2. The van der Waals surface area contributed by atoms with Crippen molar-refractivity contribution in [2.45, 2.75) is 39.2 Å². The molecule has 0 saturated heterocycles. The number of carbonyl (C=O) groups is 1. The predicted molar refractivity (Wildman–Crippen MR) is 42.2 cm³/mol. The summed E-state index contributed by atoms with van der Waals surface area (Å²) >= 11 is 0. The summed E-state index contributed by atoms with van der Waals surface area (Å²) in [7, 11) is 0. The third-order valence-electron chi connectivity index (χ3n) is 1.64. The fourth-order valence-corrected chi connectivity index (χ4v) is 1.02. The number of amides is 2. The van der Waals surface area contributed by atoms with Crippen molar-refractivity contribution in [3.05, 3.63) is 0 Å². The largest absolute Gasteiger partial charge is 0.350 e. The van der Waals surface area contributed by atoms with Crippen LogP contribution in [0.5, 0.6) is 0 Å². The van der Waals surface area contributed by atoms with Crippen molar-refractivity contribution in [2.24, 2.45) is 5.73 Å². The van der Waals surface area contributed by atoms with Crippen LogP contribution in [0.15, 0.2) is 0 Å². The van der Waals surface area contributed by atoms with Crippen LogP contribution in [-0.4, -0.2) is 21.8 Å². The minimum absolute atomic E-state index is 0.555. The van der Waals surface area contributed by atoms with Gasteiger partial charge in [-0.3, -0.25) is 5.21 Å². The van der Waals surface area contributed by atoms with E-state index in [1.807, 2.05) is 6.92 Å². The Kier molecular flexibility index (Phi) is 3.32. The SMILES string of the molecule is CCCC(C)(C)N(O)C(N)=O. The maximum absolute atomic E-state index is 10.5. The van der Waals surface area contributed by atoms with Gasteiger partial charge in [-0.15, -0.1) is 0 Å². The first-order chi connectivity index (χ1) is 4.91. The Morgan fingerprint density at radius 2 is 2.09 bits per heavy atom. The van der Waals surface area contributed by atoms with Crippen LogP contribution in [0.3, 0.4) is 0 Å². The predicted octanol–water partition coefficient (Wildman–Crippen LogP) is 1.33. The molecule has 3 N–H and O–H groups in total. The Bertz CT molecular complexity index is 145. The van der Waals surface area contributed by atoms with Crippen molar-refractivity contribution in [1.82, 2.24) is 5.06 Å². The maximum Gasteiger partial charge on any atom is 0.339 e. The molecule has 4 nitrogen and oxygen atoms in total. The first-order valence-corrected chi connectivity index (χ1v) is 3.70. The summed E-state index contributed by atoms with van der Waals surface area (Å²) in [5.74, 6) is 0. The molecule has 0 aromatic heterocycles. The number of rotatable bonds is 3. The first kappa shape index (κ1) is 10.2. The molecule has 0 rings (SSSR count). The smallest absolute Gasteiger partial charge is 0.339 e. The van der Waals surface area contributed by atoms with Gasteiger partial charge < -0.3 is 5.73 Å².